The van der Waals surface area contributed by atoms with E-state index >= 15 is 0 Å². The molecule has 0 amide bonds. The van der Waals surface area contributed by atoms with Crippen LogP contribution in [0.4, 0.5) is 0 Å². The molecular formula is C10H18O. The van der Waals surface area contributed by atoms with Crippen molar-refractivity contribution in [3.63, 3.8) is 0 Å². The molecule has 1 nitrogen and oxygen atoms in total. The maximum Gasteiger partial charge on any atom is 0.0568 e. The smallest absolute Gasteiger partial charge is 0.0568 e. The van der Waals surface area contributed by atoms with Crippen LogP contribution in [0.1, 0.15) is 38.5 Å². The molecule has 0 radical (unpaired) electrons. The van der Waals surface area contributed by atoms with Crippen LogP contribution in [0.2, 0.25) is 0 Å². The third-order valence-corrected chi connectivity index (χ3v) is 2.61. The first kappa shape index (κ1) is 8.79. The molecule has 1 heteroatoms. The van der Waals surface area contributed by atoms with Gasteiger partial charge in [0.05, 0.1) is 6.10 Å². The molecule has 0 bridgehead atoms. The third-order valence-electron chi connectivity index (χ3n) is 2.61. The fourth-order valence-corrected chi connectivity index (χ4v) is 1.86. The van der Waals surface area contributed by atoms with Crippen LogP contribution in [-0.2, 0) is 0 Å². The molecule has 0 aromatic carbocycles. The van der Waals surface area contributed by atoms with E-state index in [1.54, 1.807) is 0 Å². The van der Waals surface area contributed by atoms with Crippen LogP contribution < -0.4 is 0 Å². The van der Waals surface area contributed by atoms with E-state index in [2.05, 4.69) is 6.58 Å². The molecule has 1 aliphatic rings. The van der Waals surface area contributed by atoms with E-state index in [4.69, 9.17) is 0 Å². The average molecular weight is 154 g/mol. The molecule has 1 aliphatic carbocycles. The highest BCUT2D eigenvalue weighted by molar-refractivity contribution is 4.77. The first-order valence-corrected chi connectivity index (χ1v) is 4.63. The molecule has 2 atom stereocenters. The number of allylic oxidation sites excluding steroid dienone is 1. The predicted molar refractivity (Wildman–Crippen MR) is 47.4 cm³/mol. The molecule has 0 heterocycles. The molecule has 1 fully saturated rings. The predicted octanol–water partition coefficient (Wildman–Crippen LogP) is 2.50. The van der Waals surface area contributed by atoms with Crippen LogP contribution in [0.25, 0.3) is 0 Å². The Morgan fingerprint density at radius 2 is 2.09 bits per heavy atom. The minimum absolute atomic E-state index is 0.0244. The monoisotopic (exact) mass is 154 g/mol. The Hall–Kier alpha value is -0.300. The van der Waals surface area contributed by atoms with Gasteiger partial charge in [0.25, 0.3) is 0 Å². The Labute approximate surface area is 69.1 Å². The molecular weight excluding hydrogens is 136 g/mol. The van der Waals surface area contributed by atoms with E-state index in [1.807, 2.05) is 6.08 Å². The maximum atomic E-state index is 9.56. The van der Waals surface area contributed by atoms with Crippen LogP contribution in [0, 0.1) is 5.92 Å². The summed E-state index contributed by atoms with van der Waals surface area (Å²) in [5.74, 6) is 0.557. The summed E-state index contributed by atoms with van der Waals surface area (Å²) in [5, 5.41) is 9.56. The van der Waals surface area contributed by atoms with Crippen molar-refractivity contribution < 1.29 is 5.11 Å². The second-order valence-electron chi connectivity index (χ2n) is 3.48. The summed E-state index contributed by atoms with van der Waals surface area (Å²) < 4.78 is 0. The molecule has 0 saturated heterocycles. The lowest BCUT2D eigenvalue weighted by Gasteiger charge is -2.26. The fourth-order valence-electron chi connectivity index (χ4n) is 1.86. The highest BCUT2D eigenvalue weighted by atomic mass is 16.3. The molecule has 0 aromatic heterocycles. The first-order valence-electron chi connectivity index (χ1n) is 4.63. The zero-order chi connectivity index (χ0) is 8.10. The molecule has 1 saturated carbocycles. The van der Waals surface area contributed by atoms with E-state index in [-0.39, 0.29) is 6.10 Å². The van der Waals surface area contributed by atoms with E-state index in [1.165, 1.54) is 19.3 Å². The molecule has 1 N–H and O–H groups in total. The Morgan fingerprint density at radius 1 is 1.36 bits per heavy atom. The van der Waals surface area contributed by atoms with Gasteiger partial charge in [-0.15, -0.1) is 6.58 Å². The summed E-state index contributed by atoms with van der Waals surface area (Å²) in [5.41, 5.74) is 0. The molecule has 0 aromatic rings. The van der Waals surface area contributed by atoms with Crippen molar-refractivity contribution in [2.24, 2.45) is 5.92 Å². The lowest BCUT2D eigenvalue weighted by atomic mass is 9.84. The van der Waals surface area contributed by atoms with E-state index < -0.39 is 0 Å². The number of hydrogen-bond donors (Lipinski definition) is 1. The highest BCUT2D eigenvalue weighted by Crippen LogP contribution is 2.27. The largest absolute Gasteiger partial charge is 0.393 e. The van der Waals surface area contributed by atoms with Crippen molar-refractivity contribution in [2.75, 3.05) is 0 Å². The van der Waals surface area contributed by atoms with Gasteiger partial charge in [0.2, 0.25) is 0 Å². The van der Waals surface area contributed by atoms with Crippen molar-refractivity contribution >= 4 is 0 Å². The summed E-state index contributed by atoms with van der Waals surface area (Å²) in [4.78, 5) is 0. The van der Waals surface area contributed by atoms with Crippen molar-refractivity contribution in [1.82, 2.24) is 0 Å². The molecule has 0 spiro atoms. The van der Waals surface area contributed by atoms with Gasteiger partial charge in [-0.25, -0.2) is 0 Å². The maximum absolute atomic E-state index is 9.56. The molecule has 1 rings (SSSR count). The second-order valence-corrected chi connectivity index (χ2v) is 3.48. The standard InChI is InChI=1S/C10H18O/c1-2-3-6-9-7-4-5-8-10(9)11/h2,9-11H,1,3-8H2/t9-,10-/m0/s1. The van der Waals surface area contributed by atoms with E-state index in [0.29, 0.717) is 5.92 Å². The van der Waals surface area contributed by atoms with Gasteiger partial charge in [0.15, 0.2) is 0 Å². The lowest BCUT2D eigenvalue weighted by molar-refractivity contribution is 0.0659. The number of aliphatic hydroxyl groups is 1. The van der Waals surface area contributed by atoms with Gasteiger partial charge in [0.1, 0.15) is 0 Å². The van der Waals surface area contributed by atoms with Crippen molar-refractivity contribution in [3.8, 4) is 0 Å². The Bertz CT molecular complexity index is 120. The summed E-state index contributed by atoms with van der Waals surface area (Å²) >= 11 is 0. The van der Waals surface area contributed by atoms with Crippen LogP contribution in [0.3, 0.4) is 0 Å². The molecule has 0 aliphatic heterocycles. The fraction of sp³-hybridized carbons (Fsp3) is 0.800. The molecule has 0 unspecified atom stereocenters. The van der Waals surface area contributed by atoms with E-state index in [9.17, 15) is 5.11 Å². The molecule has 64 valence electrons. The van der Waals surface area contributed by atoms with Crippen LogP contribution in [0.5, 0.6) is 0 Å². The Balaban J connectivity index is 2.23. The normalized spacial score (nSPS) is 31.7. The number of rotatable bonds is 3. The van der Waals surface area contributed by atoms with Crippen LogP contribution >= 0.6 is 0 Å². The third kappa shape index (κ3) is 2.66. The van der Waals surface area contributed by atoms with Crippen LogP contribution in [0.15, 0.2) is 12.7 Å². The van der Waals surface area contributed by atoms with Gasteiger partial charge in [0, 0.05) is 0 Å². The van der Waals surface area contributed by atoms with Crippen LogP contribution in [-0.4, -0.2) is 11.2 Å². The topological polar surface area (TPSA) is 20.2 Å². The summed E-state index contributed by atoms with van der Waals surface area (Å²) in [6.07, 6.45) is 8.86. The summed E-state index contributed by atoms with van der Waals surface area (Å²) in [7, 11) is 0. The van der Waals surface area contributed by atoms with Crippen molar-refractivity contribution in [3.05, 3.63) is 12.7 Å². The Kier molecular flexibility index (Phi) is 3.64. The lowest BCUT2D eigenvalue weighted by Crippen LogP contribution is -2.23. The molecule has 11 heavy (non-hydrogen) atoms. The van der Waals surface area contributed by atoms with Gasteiger partial charge in [-0.2, -0.15) is 0 Å². The zero-order valence-electron chi connectivity index (χ0n) is 7.13. The quantitative estimate of drug-likeness (QED) is 0.619. The highest BCUT2D eigenvalue weighted by Gasteiger charge is 2.21. The average Bonchev–Trinajstić information content (AvgIpc) is 2.03. The van der Waals surface area contributed by atoms with Crippen molar-refractivity contribution in [1.29, 1.82) is 0 Å². The summed E-state index contributed by atoms with van der Waals surface area (Å²) in [6.45, 7) is 3.69. The van der Waals surface area contributed by atoms with Gasteiger partial charge in [-0.1, -0.05) is 18.9 Å². The number of hydrogen-bond acceptors (Lipinski definition) is 1. The second kappa shape index (κ2) is 4.55. The van der Waals surface area contributed by atoms with E-state index in [0.717, 1.165) is 19.3 Å². The van der Waals surface area contributed by atoms with Gasteiger partial charge in [-0.3, -0.25) is 0 Å². The SMILES string of the molecule is C=CCC[C@H]1CCCC[C@@H]1O. The first-order chi connectivity index (χ1) is 5.34. The van der Waals surface area contributed by atoms with Gasteiger partial charge in [-0.05, 0) is 31.6 Å². The number of aliphatic hydroxyl groups excluding tert-OH is 1. The van der Waals surface area contributed by atoms with Crippen molar-refractivity contribution in [2.45, 2.75) is 44.6 Å². The summed E-state index contributed by atoms with van der Waals surface area (Å²) in [6, 6.07) is 0. The van der Waals surface area contributed by atoms with Gasteiger partial charge < -0.3 is 5.11 Å². The minimum atomic E-state index is -0.0244. The van der Waals surface area contributed by atoms with Gasteiger partial charge >= 0.3 is 0 Å². The minimum Gasteiger partial charge on any atom is -0.393 e. The Morgan fingerprint density at radius 3 is 2.73 bits per heavy atom. The zero-order valence-corrected chi connectivity index (χ0v) is 7.13.